The predicted octanol–water partition coefficient (Wildman–Crippen LogP) is 2.29. The van der Waals surface area contributed by atoms with E-state index in [4.69, 9.17) is 0 Å². The summed E-state index contributed by atoms with van der Waals surface area (Å²) in [5, 5.41) is 30.1. The van der Waals surface area contributed by atoms with Crippen molar-refractivity contribution >= 4 is 23.2 Å². The minimum atomic E-state index is -0.175. The summed E-state index contributed by atoms with van der Waals surface area (Å²) in [6.07, 6.45) is 3.34. The Labute approximate surface area is 144 Å². The highest BCUT2D eigenvalue weighted by Crippen LogP contribution is 2.23. The Balaban J connectivity index is 1.56. The molecule has 8 heteroatoms. The fourth-order valence-corrected chi connectivity index (χ4v) is 3.10. The molecule has 1 fully saturated rings. The summed E-state index contributed by atoms with van der Waals surface area (Å²) in [6, 6.07) is 11.0. The summed E-state index contributed by atoms with van der Waals surface area (Å²) in [5.74, 6) is 1.69. The van der Waals surface area contributed by atoms with Crippen molar-refractivity contribution in [3.8, 4) is 5.88 Å². The molecular formula is C17H20N6O2. The van der Waals surface area contributed by atoms with Crippen molar-refractivity contribution in [2.75, 3.05) is 10.6 Å². The number of aliphatic hydroxyl groups is 1. The molecule has 1 aliphatic carbocycles. The molecule has 1 aliphatic rings. The summed E-state index contributed by atoms with van der Waals surface area (Å²) >= 11 is 0. The molecule has 25 heavy (non-hydrogen) atoms. The Morgan fingerprint density at radius 2 is 1.80 bits per heavy atom. The molecule has 0 amide bonds. The molecule has 3 heterocycles. The average molecular weight is 340 g/mol. The van der Waals surface area contributed by atoms with Gasteiger partial charge in [0.15, 0.2) is 5.65 Å². The third-order valence-corrected chi connectivity index (χ3v) is 4.38. The molecule has 0 aromatic carbocycles. The van der Waals surface area contributed by atoms with Crippen LogP contribution >= 0.6 is 0 Å². The monoisotopic (exact) mass is 340 g/mol. The van der Waals surface area contributed by atoms with Gasteiger partial charge in [0.05, 0.1) is 6.10 Å². The van der Waals surface area contributed by atoms with E-state index in [0.29, 0.717) is 23.5 Å². The third-order valence-electron chi connectivity index (χ3n) is 4.38. The van der Waals surface area contributed by atoms with Crippen LogP contribution in [-0.2, 0) is 0 Å². The Morgan fingerprint density at radius 1 is 1.00 bits per heavy atom. The fourth-order valence-electron chi connectivity index (χ4n) is 3.10. The van der Waals surface area contributed by atoms with E-state index in [2.05, 4.69) is 25.7 Å². The zero-order chi connectivity index (χ0) is 17.2. The second-order valence-corrected chi connectivity index (χ2v) is 6.27. The van der Waals surface area contributed by atoms with Gasteiger partial charge in [-0.2, -0.15) is 14.5 Å². The van der Waals surface area contributed by atoms with E-state index in [1.165, 1.54) is 6.07 Å². The molecule has 1 saturated carbocycles. The maximum atomic E-state index is 9.64. The van der Waals surface area contributed by atoms with Gasteiger partial charge in [0.2, 0.25) is 11.8 Å². The first-order chi connectivity index (χ1) is 12.2. The highest BCUT2D eigenvalue weighted by Gasteiger charge is 2.20. The molecule has 0 atom stereocenters. The van der Waals surface area contributed by atoms with Crippen molar-refractivity contribution in [3.05, 3.63) is 36.4 Å². The molecule has 130 valence electrons. The average Bonchev–Trinajstić information content (AvgIpc) is 3.00. The molecule has 0 spiro atoms. The molecule has 0 saturated heterocycles. The largest absolute Gasteiger partial charge is 0.493 e. The Kier molecular flexibility index (Phi) is 4.10. The maximum absolute atomic E-state index is 9.64. The van der Waals surface area contributed by atoms with Gasteiger partial charge < -0.3 is 20.8 Å². The fraction of sp³-hybridized carbons (Fsp3) is 0.353. The summed E-state index contributed by atoms with van der Waals surface area (Å²) in [5.41, 5.74) is 0.712. The van der Waals surface area contributed by atoms with Gasteiger partial charge in [-0.1, -0.05) is 12.1 Å². The van der Waals surface area contributed by atoms with Crippen molar-refractivity contribution < 1.29 is 10.2 Å². The van der Waals surface area contributed by atoms with Gasteiger partial charge in [-0.25, -0.2) is 0 Å². The van der Waals surface area contributed by atoms with Crippen molar-refractivity contribution in [3.63, 3.8) is 0 Å². The van der Waals surface area contributed by atoms with Crippen LogP contribution in [0.4, 0.5) is 17.6 Å². The van der Waals surface area contributed by atoms with Crippen LogP contribution in [0.15, 0.2) is 36.4 Å². The van der Waals surface area contributed by atoms with E-state index in [9.17, 15) is 10.2 Å². The molecule has 8 nitrogen and oxygen atoms in total. The molecule has 3 aromatic heterocycles. The van der Waals surface area contributed by atoms with Gasteiger partial charge in [-0.3, -0.25) is 0 Å². The molecular weight excluding hydrogens is 320 g/mol. The molecule has 0 unspecified atom stereocenters. The van der Waals surface area contributed by atoms with E-state index < -0.39 is 0 Å². The number of pyridine rings is 2. The Bertz CT molecular complexity index is 872. The Hall–Kier alpha value is -2.87. The standard InChI is InChI=1S/C17H20N6O2/c24-12-9-7-11(8-10-12)18-14-4-2-5-15-21-17(22-23(14)15)20-13-3-1-6-16(25)19-13/h1-6,11-12,18,24H,7-10H2,(H2,19,20,22,25). The smallest absolute Gasteiger partial charge is 0.248 e. The first kappa shape index (κ1) is 15.6. The van der Waals surface area contributed by atoms with E-state index >= 15 is 0 Å². The van der Waals surface area contributed by atoms with Crippen LogP contribution in [0.3, 0.4) is 0 Å². The normalized spacial score (nSPS) is 20.5. The van der Waals surface area contributed by atoms with Crippen LogP contribution in [0.5, 0.6) is 5.88 Å². The number of fused-ring (bicyclic) bond motifs is 1. The van der Waals surface area contributed by atoms with Gasteiger partial charge in [0.25, 0.3) is 0 Å². The third kappa shape index (κ3) is 3.48. The van der Waals surface area contributed by atoms with Crippen molar-refractivity contribution in [1.82, 2.24) is 19.6 Å². The number of rotatable bonds is 4. The highest BCUT2D eigenvalue weighted by atomic mass is 16.3. The van der Waals surface area contributed by atoms with E-state index in [1.54, 1.807) is 16.6 Å². The van der Waals surface area contributed by atoms with E-state index in [0.717, 1.165) is 31.5 Å². The lowest BCUT2D eigenvalue weighted by Crippen LogP contribution is -2.29. The van der Waals surface area contributed by atoms with E-state index in [1.807, 2.05) is 18.2 Å². The molecule has 0 bridgehead atoms. The van der Waals surface area contributed by atoms with Crippen molar-refractivity contribution in [2.24, 2.45) is 0 Å². The zero-order valence-corrected chi connectivity index (χ0v) is 13.6. The number of nitrogens with zero attached hydrogens (tertiary/aromatic N) is 4. The second-order valence-electron chi connectivity index (χ2n) is 6.27. The first-order valence-corrected chi connectivity index (χ1v) is 8.41. The van der Waals surface area contributed by atoms with Crippen LogP contribution < -0.4 is 10.6 Å². The van der Waals surface area contributed by atoms with E-state index in [-0.39, 0.29) is 12.0 Å². The number of hydrogen-bond donors (Lipinski definition) is 4. The van der Waals surface area contributed by atoms with Gasteiger partial charge in [-0.05, 0) is 43.9 Å². The molecule has 3 aromatic rings. The number of aromatic nitrogens is 4. The summed E-state index contributed by atoms with van der Waals surface area (Å²) in [4.78, 5) is 8.42. The van der Waals surface area contributed by atoms with Gasteiger partial charge in [0.1, 0.15) is 11.6 Å². The van der Waals surface area contributed by atoms with Crippen LogP contribution in [0.1, 0.15) is 25.7 Å². The van der Waals surface area contributed by atoms with Crippen LogP contribution in [0.2, 0.25) is 0 Å². The molecule has 0 aliphatic heterocycles. The summed E-state index contributed by atoms with van der Waals surface area (Å²) in [6.45, 7) is 0. The SMILES string of the molecule is Oc1cccc(Nc2nc3cccc(NC4CCC(O)CC4)n3n2)n1. The second kappa shape index (κ2) is 6.56. The number of aromatic hydroxyl groups is 1. The predicted molar refractivity (Wildman–Crippen MR) is 94.1 cm³/mol. The lowest BCUT2D eigenvalue weighted by molar-refractivity contribution is 0.126. The number of nitrogens with one attached hydrogen (secondary N) is 2. The number of anilines is 3. The summed E-state index contributed by atoms with van der Waals surface area (Å²) in [7, 11) is 0. The van der Waals surface area contributed by atoms with Gasteiger partial charge in [0, 0.05) is 12.1 Å². The topological polar surface area (TPSA) is 108 Å². The minimum absolute atomic E-state index is 0.0596. The van der Waals surface area contributed by atoms with Gasteiger partial charge in [-0.15, -0.1) is 5.10 Å². The quantitative estimate of drug-likeness (QED) is 0.577. The minimum Gasteiger partial charge on any atom is -0.493 e. The maximum Gasteiger partial charge on any atom is 0.248 e. The van der Waals surface area contributed by atoms with Crippen LogP contribution in [-0.4, -0.2) is 41.9 Å². The Morgan fingerprint density at radius 3 is 2.60 bits per heavy atom. The highest BCUT2D eigenvalue weighted by molar-refractivity contribution is 5.56. The number of hydrogen-bond acceptors (Lipinski definition) is 7. The van der Waals surface area contributed by atoms with Gasteiger partial charge >= 0.3 is 0 Å². The number of aliphatic hydroxyl groups excluding tert-OH is 1. The molecule has 0 radical (unpaired) electrons. The van der Waals surface area contributed by atoms with Crippen LogP contribution in [0, 0.1) is 0 Å². The molecule has 4 N–H and O–H groups in total. The lowest BCUT2D eigenvalue weighted by Gasteiger charge is -2.26. The van der Waals surface area contributed by atoms with Crippen molar-refractivity contribution in [1.29, 1.82) is 0 Å². The van der Waals surface area contributed by atoms with Crippen molar-refractivity contribution in [2.45, 2.75) is 37.8 Å². The first-order valence-electron chi connectivity index (χ1n) is 8.41. The lowest BCUT2D eigenvalue weighted by atomic mass is 9.93. The van der Waals surface area contributed by atoms with Crippen LogP contribution in [0.25, 0.3) is 5.65 Å². The summed E-state index contributed by atoms with van der Waals surface area (Å²) < 4.78 is 1.75. The zero-order valence-electron chi connectivity index (χ0n) is 13.6. The molecule has 4 rings (SSSR count).